The number of benzene rings is 11. The number of rotatable bonds is 7. The Morgan fingerprint density at radius 3 is 1.16 bits per heavy atom. The third-order valence-corrected chi connectivity index (χ3v) is 19.6. The first-order valence-electron chi connectivity index (χ1n) is 31.1. The van der Waals surface area contributed by atoms with Gasteiger partial charge in [-0.2, -0.15) is 0 Å². The van der Waals surface area contributed by atoms with Crippen molar-refractivity contribution in [2.24, 2.45) is 0 Å². The van der Waals surface area contributed by atoms with Crippen molar-refractivity contribution >= 4 is 79.0 Å². The topological polar surface area (TPSA) is 11.4 Å². The average Bonchev–Trinajstić information content (AvgIpc) is 0.800. The third kappa shape index (κ3) is 8.85. The Labute approximate surface area is 509 Å². The molecule has 0 saturated heterocycles. The van der Waals surface area contributed by atoms with E-state index in [1.165, 1.54) is 141 Å². The van der Waals surface area contributed by atoms with Gasteiger partial charge in [0.05, 0.1) is 16.7 Å². The lowest BCUT2D eigenvalue weighted by Crippen LogP contribution is -2.61. The molecule has 15 rings (SSSR count). The van der Waals surface area contributed by atoms with Gasteiger partial charge in [0, 0.05) is 44.9 Å². The summed E-state index contributed by atoms with van der Waals surface area (Å²) in [5.74, 6) is 0. The minimum absolute atomic E-state index is 0.0423. The zero-order valence-electron chi connectivity index (χ0n) is 51.4. The maximum Gasteiger partial charge on any atom is 0.252 e. The second kappa shape index (κ2) is 19.7. The molecule has 0 atom stereocenters. The summed E-state index contributed by atoms with van der Waals surface area (Å²) in [6.07, 6.45) is 2.38. The van der Waals surface area contributed by atoms with Crippen LogP contribution in [0, 0.1) is 0 Å². The summed E-state index contributed by atoms with van der Waals surface area (Å²) in [4.78, 5) is 5.18. The zero-order valence-corrected chi connectivity index (χ0v) is 51.4. The van der Waals surface area contributed by atoms with Gasteiger partial charge in [-0.1, -0.05) is 251 Å². The standard InChI is InChI=1S/C82H74BN3/c1-79(2,3)61-35-24-55(25-36-61)59-33-44-70-74(49-59)84(63-39-28-54(29-40-63)53-18-12-11-13-19-53)76-51-65(86-72-22-16-14-20-66(72)67-21-15-17-23-73(67)86)52-77-78(76)83(70)71-45-34-60(56-26-37-62(38-27-56)80(4,5)6)50-75(71)85(77)64-41-30-57(31-42-64)58-32-43-68-69(48-58)82(9,10)47-46-81(68,7)8/h11-45,48-52H,46-47H2,1-10H3. The van der Waals surface area contributed by atoms with Gasteiger partial charge in [-0.05, 0) is 178 Å². The Kier molecular flexibility index (Phi) is 12.3. The van der Waals surface area contributed by atoms with Crippen LogP contribution in [0.25, 0.3) is 72.0 Å². The Morgan fingerprint density at radius 1 is 0.326 bits per heavy atom. The Hall–Kier alpha value is -9.12. The zero-order chi connectivity index (χ0) is 59.0. The van der Waals surface area contributed by atoms with E-state index >= 15 is 0 Å². The molecule has 0 bridgehead atoms. The molecule has 2 aliphatic heterocycles. The van der Waals surface area contributed by atoms with Gasteiger partial charge >= 0.3 is 0 Å². The van der Waals surface area contributed by atoms with Crippen LogP contribution in [0.5, 0.6) is 0 Å². The van der Waals surface area contributed by atoms with Gasteiger partial charge in [0.25, 0.3) is 6.71 Å². The van der Waals surface area contributed by atoms with Crippen molar-refractivity contribution in [3.05, 3.63) is 265 Å². The molecule has 11 aromatic carbocycles. The van der Waals surface area contributed by atoms with Crippen molar-refractivity contribution in [3.63, 3.8) is 0 Å². The van der Waals surface area contributed by atoms with E-state index in [9.17, 15) is 0 Å². The van der Waals surface area contributed by atoms with Crippen molar-refractivity contribution < 1.29 is 0 Å². The third-order valence-electron chi connectivity index (χ3n) is 19.6. The quantitative estimate of drug-likeness (QED) is 0.147. The maximum atomic E-state index is 2.60. The predicted octanol–water partition coefficient (Wildman–Crippen LogP) is 20.5. The lowest BCUT2D eigenvalue weighted by atomic mass is 9.33. The van der Waals surface area contributed by atoms with Gasteiger partial charge in [0.1, 0.15) is 0 Å². The van der Waals surface area contributed by atoms with Crippen molar-refractivity contribution in [1.29, 1.82) is 0 Å². The van der Waals surface area contributed by atoms with Gasteiger partial charge in [-0.3, -0.25) is 0 Å². The van der Waals surface area contributed by atoms with Crippen LogP contribution in [0.4, 0.5) is 34.1 Å². The molecule has 0 N–H and O–H groups in total. The lowest BCUT2D eigenvalue weighted by molar-refractivity contribution is 0.332. The van der Waals surface area contributed by atoms with Crippen molar-refractivity contribution in [2.75, 3.05) is 9.80 Å². The first kappa shape index (κ1) is 53.6. The van der Waals surface area contributed by atoms with Crippen LogP contribution in [0.3, 0.4) is 0 Å². The minimum atomic E-state index is -0.0923. The van der Waals surface area contributed by atoms with Gasteiger partial charge in [0.2, 0.25) is 0 Å². The lowest BCUT2D eigenvalue weighted by Gasteiger charge is -2.44. The van der Waals surface area contributed by atoms with Crippen LogP contribution in [0.15, 0.2) is 243 Å². The molecule has 0 amide bonds. The number of hydrogen-bond acceptors (Lipinski definition) is 2. The fourth-order valence-electron chi connectivity index (χ4n) is 14.6. The molecule has 3 heterocycles. The highest BCUT2D eigenvalue weighted by molar-refractivity contribution is 7.00. The largest absolute Gasteiger partial charge is 0.311 e. The van der Waals surface area contributed by atoms with Gasteiger partial charge in [0.15, 0.2) is 0 Å². The van der Waals surface area contributed by atoms with E-state index in [-0.39, 0.29) is 28.4 Å². The second-order valence-corrected chi connectivity index (χ2v) is 28.1. The number of para-hydroxylation sites is 2. The highest BCUT2D eigenvalue weighted by Crippen LogP contribution is 2.50. The normalized spacial score (nSPS) is 14.9. The Balaban J connectivity index is 1.01. The van der Waals surface area contributed by atoms with Crippen molar-refractivity contribution in [3.8, 4) is 50.2 Å². The van der Waals surface area contributed by atoms with E-state index in [1.54, 1.807) is 0 Å². The maximum absolute atomic E-state index is 2.60. The van der Waals surface area contributed by atoms with E-state index in [1.807, 2.05) is 0 Å². The SMILES string of the molecule is CC(C)(C)c1ccc(-c2ccc3c(c2)N(c2ccc(-c4ccccc4)cc2)c2cc(-n4c5ccccc5c5ccccc54)cc4c2B3c2ccc(-c3ccc(C(C)(C)C)cc3)cc2N4c2ccc(-c3ccc4c(c3)C(C)(C)CCC4(C)C)cc2)cc1. The molecule has 1 aromatic heterocycles. The molecule has 3 aliphatic rings. The summed E-state index contributed by atoms with van der Waals surface area (Å²) in [5.41, 5.74) is 29.9. The van der Waals surface area contributed by atoms with E-state index in [0.717, 1.165) is 17.1 Å². The fraction of sp³-hybridized carbons (Fsp3) is 0.195. The molecular formula is C82H74BN3. The van der Waals surface area contributed by atoms with Crippen LogP contribution in [-0.4, -0.2) is 11.3 Å². The highest BCUT2D eigenvalue weighted by Gasteiger charge is 2.45. The molecule has 86 heavy (non-hydrogen) atoms. The molecule has 1 aliphatic carbocycles. The molecule has 420 valence electrons. The summed E-state index contributed by atoms with van der Waals surface area (Å²) >= 11 is 0. The van der Waals surface area contributed by atoms with Gasteiger partial charge in [-0.15, -0.1) is 0 Å². The molecule has 0 radical (unpaired) electrons. The average molecular weight is 1110 g/mol. The predicted molar refractivity (Wildman–Crippen MR) is 369 cm³/mol. The molecule has 0 spiro atoms. The second-order valence-electron chi connectivity index (χ2n) is 28.1. The molecule has 0 unspecified atom stereocenters. The number of nitrogens with zero attached hydrogens (tertiary/aromatic N) is 3. The molecular weight excluding hydrogens is 1040 g/mol. The minimum Gasteiger partial charge on any atom is -0.311 e. The van der Waals surface area contributed by atoms with Crippen LogP contribution in [0.1, 0.15) is 104 Å². The first-order chi connectivity index (χ1) is 41.4. The van der Waals surface area contributed by atoms with Crippen molar-refractivity contribution in [2.45, 2.75) is 104 Å². The van der Waals surface area contributed by atoms with E-state index in [0.29, 0.717) is 0 Å². The number of aromatic nitrogens is 1. The summed E-state index contributed by atoms with van der Waals surface area (Å²) in [6, 6.07) is 92.9. The summed E-state index contributed by atoms with van der Waals surface area (Å²) in [7, 11) is 0. The van der Waals surface area contributed by atoms with Crippen molar-refractivity contribution in [1.82, 2.24) is 4.57 Å². The monoisotopic (exact) mass is 1110 g/mol. The number of anilines is 6. The van der Waals surface area contributed by atoms with Crippen LogP contribution >= 0.6 is 0 Å². The van der Waals surface area contributed by atoms with Crippen LogP contribution in [0.2, 0.25) is 0 Å². The summed E-state index contributed by atoms with van der Waals surface area (Å²) in [6.45, 7) is 23.4. The van der Waals surface area contributed by atoms with Gasteiger partial charge in [-0.25, -0.2) is 0 Å². The molecule has 3 nitrogen and oxygen atoms in total. The Morgan fingerprint density at radius 2 is 0.698 bits per heavy atom. The Bertz CT molecular complexity index is 4570. The number of hydrogen-bond donors (Lipinski definition) is 0. The summed E-state index contributed by atoms with van der Waals surface area (Å²) in [5, 5.41) is 2.48. The van der Waals surface area contributed by atoms with E-state index < -0.39 is 0 Å². The molecule has 0 saturated carbocycles. The first-order valence-corrected chi connectivity index (χ1v) is 31.1. The van der Waals surface area contributed by atoms with E-state index in [2.05, 4.69) is 326 Å². The molecule has 12 aromatic rings. The fourth-order valence-corrected chi connectivity index (χ4v) is 14.6. The molecule has 4 heteroatoms. The van der Waals surface area contributed by atoms with Crippen LogP contribution in [-0.2, 0) is 21.7 Å². The smallest absolute Gasteiger partial charge is 0.252 e. The number of fused-ring (bicyclic) bond motifs is 8. The van der Waals surface area contributed by atoms with Gasteiger partial charge < -0.3 is 14.4 Å². The van der Waals surface area contributed by atoms with Crippen LogP contribution < -0.4 is 26.2 Å². The van der Waals surface area contributed by atoms with E-state index in [4.69, 9.17) is 0 Å². The highest BCUT2D eigenvalue weighted by atomic mass is 15.2. The summed E-state index contributed by atoms with van der Waals surface area (Å²) < 4.78 is 2.51. The molecule has 0 fully saturated rings.